The maximum absolute atomic E-state index is 7.42. The number of nitrogen functional groups attached to an aromatic ring is 1. The number of nitrogens with one attached hydrogen (secondary N) is 1. The first-order chi connectivity index (χ1) is 7.66. The average Bonchev–Trinajstić information content (AvgIpc) is 2.61. The fraction of sp³-hybridized carbons (Fsp3) is 0.600. The van der Waals surface area contributed by atoms with Crippen molar-refractivity contribution >= 4 is 17.2 Å². The van der Waals surface area contributed by atoms with Crippen LogP contribution in [0.4, 0.5) is 0 Å². The van der Waals surface area contributed by atoms with Gasteiger partial charge in [0.2, 0.25) is 0 Å². The van der Waals surface area contributed by atoms with Crippen molar-refractivity contribution in [2.75, 3.05) is 26.3 Å². The molecule has 0 unspecified atom stereocenters. The van der Waals surface area contributed by atoms with Gasteiger partial charge in [-0.3, -0.25) is 10.3 Å². The Bertz CT molecular complexity index is 384. The fourth-order valence-electron chi connectivity index (χ4n) is 1.72. The minimum atomic E-state index is 0.114. The molecule has 2 heterocycles. The number of aromatic nitrogens is 1. The summed E-state index contributed by atoms with van der Waals surface area (Å²) >= 11 is 1.52. The number of hydrogen-bond acceptors (Lipinski definition) is 5. The first-order valence-corrected chi connectivity index (χ1v) is 6.09. The van der Waals surface area contributed by atoms with Crippen LogP contribution < -0.4 is 5.73 Å². The summed E-state index contributed by atoms with van der Waals surface area (Å²) in [4.78, 5) is 7.55. The lowest BCUT2D eigenvalue weighted by molar-refractivity contribution is 0.0341. The van der Waals surface area contributed by atoms with Crippen LogP contribution in [0.25, 0.3) is 0 Å². The van der Waals surface area contributed by atoms with E-state index in [2.05, 4.69) is 9.88 Å². The number of nitrogens with zero attached hydrogens (tertiary/aromatic N) is 2. The summed E-state index contributed by atoms with van der Waals surface area (Å²) in [5.74, 6) is 0.114. The zero-order valence-electron chi connectivity index (χ0n) is 9.32. The largest absolute Gasteiger partial charge is 0.383 e. The number of hydrogen-bond donors (Lipinski definition) is 2. The minimum absolute atomic E-state index is 0.114. The first-order valence-electron chi connectivity index (χ1n) is 5.27. The molecule has 3 N–H and O–H groups in total. The van der Waals surface area contributed by atoms with E-state index in [9.17, 15) is 0 Å². The number of ether oxygens (including phenoxy) is 1. The fourth-order valence-corrected chi connectivity index (χ4v) is 2.69. The Morgan fingerprint density at radius 2 is 2.25 bits per heavy atom. The van der Waals surface area contributed by atoms with E-state index in [0.29, 0.717) is 0 Å². The maximum atomic E-state index is 7.42. The SMILES string of the molecule is Cc1nc(CN2CCOCC2)sc1C(=N)N. The van der Waals surface area contributed by atoms with Crippen LogP contribution in [0.1, 0.15) is 15.6 Å². The van der Waals surface area contributed by atoms with E-state index in [-0.39, 0.29) is 5.84 Å². The van der Waals surface area contributed by atoms with E-state index in [1.54, 1.807) is 0 Å². The molecule has 1 fully saturated rings. The molecule has 0 radical (unpaired) electrons. The van der Waals surface area contributed by atoms with Crippen LogP contribution in [0.2, 0.25) is 0 Å². The smallest absolute Gasteiger partial charge is 0.135 e. The van der Waals surface area contributed by atoms with Gasteiger partial charge >= 0.3 is 0 Å². The van der Waals surface area contributed by atoms with E-state index in [4.69, 9.17) is 15.9 Å². The van der Waals surface area contributed by atoms with Gasteiger partial charge in [0.1, 0.15) is 10.8 Å². The Morgan fingerprint density at radius 3 is 2.81 bits per heavy atom. The van der Waals surface area contributed by atoms with Gasteiger partial charge in [0.25, 0.3) is 0 Å². The van der Waals surface area contributed by atoms with E-state index in [1.807, 2.05) is 6.92 Å². The summed E-state index contributed by atoms with van der Waals surface area (Å²) in [7, 11) is 0. The number of aryl methyl sites for hydroxylation is 1. The first kappa shape index (κ1) is 11.5. The molecule has 1 aromatic rings. The number of morpholine rings is 1. The van der Waals surface area contributed by atoms with Crippen LogP contribution in [0.15, 0.2) is 0 Å². The van der Waals surface area contributed by atoms with Crippen LogP contribution in [-0.4, -0.2) is 42.0 Å². The van der Waals surface area contributed by atoms with Crippen molar-refractivity contribution in [1.82, 2.24) is 9.88 Å². The number of rotatable bonds is 3. The van der Waals surface area contributed by atoms with Crippen molar-refractivity contribution in [3.63, 3.8) is 0 Å². The summed E-state index contributed by atoms with van der Waals surface area (Å²) in [6, 6.07) is 0. The van der Waals surface area contributed by atoms with Crippen molar-refractivity contribution in [2.24, 2.45) is 5.73 Å². The van der Waals surface area contributed by atoms with E-state index < -0.39 is 0 Å². The summed E-state index contributed by atoms with van der Waals surface area (Å²) in [5.41, 5.74) is 6.34. The summed E-state index contributed by atoms with van der Waals surface area (Å²) < 4.78 is 5.29. The second-order valence-corrected chi connectivity index (χ2v) is 4.91. The molecule has 0 atom stereocenters. The van der Waals surface area contributed by atoms with Crippen LogP contribution in [0, 0.1) is 12.3 Å². The van der Waals surface area contributed by atoms with Crippen molar-refractivity contribution in [1.29, 1.82) is 5.41 Å². The van der Waals surface area contributed by atoms with Crippen molar-refractivity contribution in [2.45, 2.75) is 13.5 Å². The Labute approximate surface area is 98.7 Å². The highest BCUT2D eigenvalue weighted by Gasteiger charge is 2.15. The molecule has 1 saturated heterocycles. The molecule has 2 rings (SSSR count). The molecule has 1 aliphatic rings. The van der Waals surface area contributed by atoms with Crippen LogP contribution in [-0.2, 0) is 11.3 Å². The monoisotopic (exact) mass is 240 g/mol. The summed E-state index contributed by atoms with van der Waals surface area (Å²) in [6.45, 7) is 6.23. The summed E-state index contributed by atoms with van der Waals surface area (Å²) in [6.07, 6.45) is 0. The second-order valence-electron chi connectivity index (χ2n) is 3.82. The van der Waals surface area contributed by atoms with E-state index in [1.165, 1.54) is 11.3 Å². The Balaban J connectivity index is 2.03. The lowest BCUT2D eigenvalue weighted by Crippen LogP contribution is -2.35. The van der Waals surface area contributed by atoms with Gasteiger partial charge in [-0.1, -0.05) is 0 Å². The van der Waals surface area contributed by atoms with Crippen LogP contribution in [0.3, 0.4) is 0 Å². The summed E-state index contributed by atoms with van der Waals surface area (Å²) in [5, 5.41) is 8.46. The van der Waals surface area contributed by atoms with Crippen LogP contribution in [0.5, 0.6) is 0 Å². The molecule has 1 aliphatic heterocycles. The predicted octanol–water partition coefficient (Wildman–Crippen LogP) is 0.568. The molecular formula is C10H16N4OS. The molecular weight excluding hydrogens is 224 g/mol. The van der Waals surface area contributed by atoms with Gasteiger partial charge in [0.05, 0.1) is 30.3 Å². The molecule has 0 saturated carbocycles. The zero-order chi connectivity index (χ0) is 11.5. The third-order valence-electron chi connectivity index (χ3n) is 2.55. The van der Waals surface area contributed by atoms with Crippen molar-refractivity contribution in [3.05, 3.63) is 15.6 Å². The average molecular weight is 240 g/mol. The molecule has 0 amide bonds. The minimum Gasteiger partial charge on any atom is -0.383 e. The van der Waals surface area contributed by atoms with Crippen LogP contribution >= 0.6 is 11.3 Å². The number of thiazole rings is 1. The standard InChI is InChI=1S/C10H16N4OS/c1-7-9(10(11)12)16-8(13-7)6-14-2-4-15-5-3-14/h2-6H2,1H3,(H3,11,12). The Kier molecular flexibility index (Phi) is 3.52. The highest BCUT2D eigenvalue weighted by Crippen LogP contribution is 2.19. The third-order valence-corrected chi connectivity index (χ3v) is 3.72. The molecule has 6 heteroatoms. The Hall–Kier alpha value is -0.980. The molecule has 88 valence electrons. The molecule has 0 spiro atoms. The molecule has 1 aromatic heterocycles. The zero-order valence-corrected chi connectivity index (χ0v) is 10.1. The van der Waals surface area contributed by atoms with Gasteiger partial charge in [0.15, 0.2) is 0 Å². The van der Waals surface area contributed by atoms with Gasteiger partial charge < -0.3 is 10.5 Å². The lowest BCUT2D eigenvalue weighted by atomic mass is 10.4. The van der Waals surface area contributed by atoms with Gasteiger partial charge in [-0.15, -0.1) is 11.3 Å². The molecule has 0 aromatic carbocycles. The highest BCUT2D eigenvalue weighted by molar-refractivity contribution is 7.13. The number of amidine groups is 1. The van der Waals surface area contributed by atoms with Gasteiger partial charge in [0, 0.05) is 13.1 Å². The third kappa shape index (κ3) is 2.58. The second kappa shape index (κ2) is 4.90. The predicted molar refractivity (Wildman–Crippen MR) is 64.0 cm³/mol. The molecule has 0 bridgehead atoms. The van der Waals surface area contributed by atoms with Crippen molar-refractivity contribution in [3.8, 4) is 0 Å². The van der Waals surface area contributed by atoms with Gasteiger partial charge in [-0.2, -0.15) is 0 Å². The normalized spacial score (nSPS) is 17.6. The quantitative estimate of drug-likeness (QED) is 0.598. The number of nitrogens with two attached hydrogens (primary N) is 1. The molecule has 16 heavy (non-hydrogen) atoms. The molecule has 0 aliphatic carbocycles. The van der Waals surface area contributed by atoms with Gasteiger partial charge in [-0.05, 0) is 6.92 Å². The van der Waals surface area contributed by atoms with E-state index in [0.717, 1.165) is 48.4 Å². The maximum Gasteiger partial charge on any atom is 0.135 e. The van der Waals surface area contributed by atoms with Crippen molar-refractivity contribution < 1.29 is 4.74 Å². The lowest BCUT2D eigenvalue weighted by Gasteiger charge is -2.25. The van der Waals surface area contributed by atoms with Gasteiger partial charge in [-0.25, -0.2) is 4.98 Å². The van der Waals surface area contributed by atoms with E-state index >= 15 is 0 Å². The Morgan fingerprint density at radius 1 is 1.56 bits per heavy atom. The topological polar surface area (TPSA) is 75.2 Å². The molecule has 5 nitrogen and oxygen atoms in total. The highest BCUT2D eigenvalue weighted by atomic mass is 32.1.